The molecule has 19 heavy (non-hydrogen) atoms. The van der Waals surface area contributed by atoms with Gasteiger partial charge in [0.05, 0.1) is 0 Å². The Kier molecular flexibility index (Phi) is 3.84. The van der Waals surface area contributed by atoms with Crippen LogP contribution in [0.1, 0.15) is 30.3 Å². The van der Waals surface area contributed by atoms with Crippen molar-refractivity contribution in [2.24, 2.45) is 5.41 Å². The predicted molar refractivity (Wildman–Crippen MR) is 70.0 cm³/mol. The van der Waals surface area contributed by atoms with Gasteiger partial charge in [-0.1, -0.05) is 6.92 Å². The van der Waals surface area contributed by atoms with Gasteiger partial charge in [0, 0.05) is 19.2 Å². The van der Waals surface area contributed by atoms with Crippen LogP contribution in [0.4, 0.5) is 5.82 Å². The molecule has 7 heteroatoms. The molecule has 1 aliphatic heterocycles. The number of rotatable bonds is 4. The monoisotopic (exact) mass is 266 g/mol. The maximum absolute atomic E-state index is 11.9. The lowest BCUT2D eigenvalue weighted by atomic mass is 9.83. The summed E-state index contributed by atoms with van der Waals surface area (Å²) >= 11 is 0. The minimum Gasteiger partial charge on any atom is -0.358 e. The molecule has 1 fully saturated rings. The first-order chi connectivity index (χ1) is 9.00. The highest BCUT2D eigenvalue weighted by Gasteiger charge is 2.27. The summed E-state index contributed by atoms with van der Waals surface area (Å²) in [7, 11) is 0. The Morgan fingerprint density at radius 1 is 1.58 bits per heavy atom. The molecule has 0 saturated carbocycles. The number of nitro groups is 1. The van der Waals surface area contributed by atoms with E-state index in [0.717, 1.165) is 25.9 Å². The molecular weight excluding hydrogens is 248 g/mol. The summed E-state index contributed by atoms with van der Waals surface area (Å²) in [6, 6.07) is 2.72. The zero-order valence-corrected chi connectivity index (χ0v) is 10.9. The molecule has 2 heterocycles. The molecule has 1 unspecified atom stereocenters. The van der Waals surface area contributed by atoms with Gasteiger partial charge in [0.15, 0.2) is 5.69 Å². The number of piperidine rings is 1. The molecule has 1 atom stereocenters. The van der Waals surface area contributed by atoms with Crippen LogP contribution in [0.15, 0.2) is 12.1 Å². The summed E-state index contributed by atoms with van der Waals surface area (Å²) in [5, 5.41) is 16.7. The number of H-pyrrole nitrogens is 1. The Bertz CT molecular complexity index is 477. The molecular formula is C12H18N4O3. The second-order valence-electron chi connectivity index (χ2n) is 5.29. The average Bonchev–Trinajstić information content (AvgIpc) is 2.87. The van der Waals surface area contributed by atoms with Gasteiger partial charge in [0.2, 0.25) is 0 Å². The van der Waals surface area contributed by atoms with Crippen molar-refractivity contribution >= 4 is 11.7 Å². The van der Waals surface area contributed by atoms with Crippen LogP contribution in [0.2, 0.25) is 0 Å². The van der Waals surface area contributed by atoms with Crippen LogP contribution < -0.4 is 10.6 Å². The first kappa shape index (κ1) is 13.5. The van der Waals surface area contributed by atoms with Crippen LogP contribution in [0.3, 0.4) is 0 Å². The third-order valence-electron chi connectivity index (χ3n) is 3.47. The van der Waals surface area contributed by atoms with Crippen LogP contribution in [0.25, 0.3) is 0 Å². The lowest BCUT2D eigenvalue weighted by molar-refractivity contribution is -0.389. The van der Waals surface area contributed by atoms with E-state index in [-0.39, 0.29) is 22.8 Å². The zero-order chi connectivity index (χ0) is 13.9. The van der Waals surface area contributed by atoms with Gasteiger partial charge in [0.25, 0.3) is 5.91 Å². The summed E-state index contributed by atoms with van der Waals surface area (Å²) in [5.74, 6) is -0.476. The zero-order valence-electron chi connectivity index (χ0n) is 10.9. The Hall–Kier alpha value is -1.89. The maximum Gasteiger partial charge on any atom is 0.321 e. The third-order valence-corrected chi connectivity index (χ3v) is 3.47. The number of nitrogens with zero attached hydrogens (tertiary/aromatic N) is 1. The molecule has 2 rings (SSSR count). The number of aromatic nitrogens is 1. The van der Waals surface area contributed by atoms with Crippen LogP contribution in [-0.4, -0.2) is 35.4 Å². The first-order valence-corrected chi connectivity index (χ1v) is 6.32. The fourth-order valence-electron chi connectivity index (χ4n) is 2.28. The average molecular weight is 266 g/mol. The molecule has 0 bridgehead atoms. The molecule has 1 saturated heterocycles. The van der Waals surface area contributed by atoms with E-state index in [2.05, 4.69) is 22.5 Å². The van der Waals surface area contributed by atoms with E-state index in [1.165, 1.54) is 12.1 Å². The van der Waals surface area contributed by atoms with Crippen molar-refractivity contribution in [1.82, 2.24) is 15.6 Å². The normalized spacial score (nSPS) is 23.0. The van der Waals surface area contributed by atoms with Gasteiger partial charge in [-0.2, -0.15) is 0 Å². The van der Waals surface area contributed by atoms with Gasteiger partial charge in [-0.15, -0.1) is 0 Å². The van der Waals surface area contributed by atoms with E-state index in [0.29, 0.717) is 6.54 Å². The van der Waals surface area contributed by atoms with Crippen molar-refractivity contribution in [3.63, 3.8) is 0 Å². The number of nitrogens with one attached hydrogen (secondary N) is 3. The molecule has 0 radical (unpaired) electrons. The highest BCUT2D eigenvalue weighted by Crippen LogP contribution is 2.24. The van der Waals surface area contributed by atoms with E-state index in [1.807, 2.05) is 0 Å². The fraction of sp³-hybridized carbons (Fsp3) is 0.583. The molecule has 3 N–H and O–H groups in total. The largest absolute Gasteiger partial charge is 0.358 e. The Labute approximate surface area is 110 Å². The third kappa shape index (κ3) is 3.31. The van der Waals surface area contributed by atoms with Crippen molar-refractivity contribution in [1.29, 1.82) is 0 Å². The van der Waals surface area contributed by atoms with Crippen LogP contribution in [-0.2, 0) is 0 Å². The fourth-order valence-corrected chi connectivity index (χ4v) is 2.28. The quantitative estimate of drug-likeness (QED) is 0.560. The number of amides is 1. The van der Waals surface area contributed by atoms with Gasteiger partial charge in [-0.25, -0.2) is 4.98 Å². The number of carbonyl (C=O) groups excluding carboxylic acids is 1. The van der Waals surface area contributed by atoms with Crippen LogP contribution >= 0.6 is 0 Å². The highest BCUT2D eigenvalue weighted by atomic mass is 16.6. The van der Waals surface area contributed by atoms with Crippen molar-refractivity contribution in [2.45, 2.75) is 19.8 Å². The molecule has 7 nitrogen and oxygen atoms in total. The summed E-state index contributed by atoms with van der Waals surface area (Å²) in [6.45, 7) is 4.58. The number of carbonyl (C=O) groups is 1. The minimum absolute atomic E-state index is 0.0481. The molecule has 1 aromatic heterocycles. The number of aromatic amines is 1. The van der Waals surface area contributed by atoms with Crippen LogP contribution in [0, 0.1) is 15.5 Å². The SMILES string of the molecule is CC1(CNC(=O)c2ccc([N+](=O)[O-])[nH]2)CCCNC1. The van der Waals surface area contributed by atoms with Gasteiger partial charge in [0.1, 0.15) is 0 Å². The summed E-state index contributed by atoms with van der Waals surface area (Å²) < 4.78 is 0. The second kappa shape index (κ2) is 5.40. The highest BCUT2D eigenvalue weighted by molar-refractivity contribution is 5.92. The Morgan fingerprint density at radius 3 is 2.95 bits per heavy atom. The summed E-state index contributed by atoms with van der Waals surface area (Å²) in [5.41, 5.74) is 0.269. The lowest BCUT2D eigenvalue weighted by Crippen LogP contribution is -2.45. The van der Waals surface area contributed by atoms with Gasteiger partial charge < -0.3 is 20.7 Å². The minimum atomic E-state index is -0.552. The van der Waals surface area contributed by atoms with E-state index < -0.39 is 4.92 Å². The Balaban J connectivity index is 1.91. The number of hydrogen-bond donors (Lipinski definition) is 3. The standard InChI is InChI=1S/C12H18N4O3/c1-12(5-2-6-13-7-12)8-14-11(17)9-3-4-10(15-9)16(18)19/h3-4,13,15H,2,5-8H2,1H3,(H,14,17). The van der Waals surface area contributed by atoms with Gasteiger partial charge in [-0.3, -0.25) is 4.79 Å². The smallest absolute Gasteiger partial charge is 0.321 e. The van der Waals surface area contributed by atoms with Gasteiger partial charge in [-0.05, 0) is 35.8 Å². The predicted octanol–water partition coefficient (Wildman–Crippen LogP) is 1.04. The number of hydrogen-bond acceptors (Lipinski definition) is 4. The van der Waals surface area contributed by atoms with Crippen LogP contribution in [0.5, 0.6) is 0 Å². The summed E-state index contributed by atoms with van der Waals surface area (Å²) in [4.78, 5) is 24.3. The molecule has 1 amide bonds. The maximum atomic E-state index is 11.9. The van der Waals surface area contributed by atoms with E-state index in [4.69, 9.17) is 0 Å². The van der Waals surface area contributed by atoms with Crippen molar-refractivity contribution in [3.8, 4) is 0 Å². The Morgan fingerprint density at radius 2 is 2.37 bits per heavy atom. The van der Waals surface area contributed by atoms with Crippen molar-refractivity contribution < 1.29 is 9.72 Å². The van der Waals surface area contributed by atoms with Crippen molar-refractivity contribution in [2.75, 3.05) is 19.6 Å². The first-order valence-electron chi connectivity index (χ1n) is 6.32. The second-order valence-corrected chi connectivity index (χ2v) is 5.29. The molecule has 104 valence electrons. The lowest BCUT2D eigenvalue weighted by Gasteiger charge is -2.34. The molecule has 1 aromatic rings. The molecule has 0 spiro atoms. The van der Waals surface area contributed by atoms with E-state index in [1.54, 1.807) is 0 Å². The molecule has 1 aliphatic rings. The molecule has 0 aromatic carbocycles. The topological polar surface area (TPSA) is 100 Å². The van der Waals surface area contributed by atoms with E-state index >= 15 is 0 Å². The summed E-state index contributed by atoms with van der Waals surface area (Å²) in [6.07, 6.45) is 2.16. The molecule has 0 aliphatic carbocycles. The van der Waals surface area contributed by atoms with Crippen molar-refractivity contribution in [3.05, 3.63) is 27.9 Å². The van der Waals surface area contributed by atoms with E-state index in [9.17, 15) is 14.9 Å². The van der Waals surface area contributed by atoms with Gasteiger partial charge >= 0.3 is 5.82 Å².